The largest absolute Gasteiger partial charge is 0.437 e. The highest BCUT2D eigenvalue weighted by atomic mass is 16.4. The van der Waals surface area contributed by atoms with Crippen LogP contribution >= 0.6 is 0 Å². The Morgan fingerprint density at radius 3 is 0.810 bits per heavy atom. The van der Waals surface area contributed by atoms with Crippen LogP contribution in [-0.4, -0.2) is 24.9 Å². The number of hydrogen-bond acceptors (Lipinski definition) is 10. The molecule has 2 saturated carbocycles. The van der Waals surface area contributed by atoms with Gasteiger partial charge < -0.3 is 22.1 Å². The lowest BCUT2D eigenvalue weighted by Gasteiger charge is -2.22. The number of fused-ring (bicyclic) bond motifs is 25. The molecule has 2 aliphatic rings. The first-order chi connectivity index (χ1) is 69.3. The van der Waals surface area contributed by atoms with Gasteiger partial charge >= 0.3 is 0 Å². The van der Waals surface area contributed by atoms with E-state index < -0.39 is 0 Å². The van der Waals surface area contributed by atoms with Gasteiger partial charge in [0.25, 0.3) is 0 Å². The van der Waals surface area contributed by atoms with E-state index in [1.807, 2.05) is 36.5 Å². The number of benzene rings is 10. The number of hydrogen-bond donors (Lipinski definition) is 0. The van der Waals surface area contributed by atoms with Crippen LogP contribution in [0.2, 0.25) is 0 Å². The number of aromatic nitrogens is 10. The molecule has 2 aliphatic carbocycles. The minimum Gasteiger partial charge on any atom is -0.437 e. The topological polar surface area (TPSA) is 150 Å². The van der Waals surface area contributed by atoms with Gasteiger partial charge in [0.05, 0.1) is 27.8 Å². The van der Waals surface area contributed by atoms with Crippen LogP contribution in [0.1, 0.15) is 152 Å². The highest BCUT2D eigenvalue weighted by molar-refractivity contribution is 6.28. The quantitative estimate of drug-likeness (QED) is 0.128. The third kappa shape index (κ3) is 15.5. The van der Waals surface area contributed by atoms with Crippen molar-refractivity contribution in [3.63, 3.8) is 0 Å². The first-order valence-corrected chi connectivity index (χ1v) is 50.2. The van der Waals surface area contributed by atoms with Crippen molar-refractivity contribution in [2.75, 3.05) is 0 Å². The molecule has 0 radical (unpaired) electrons. The first-order valence-electron chi connectivity index (χ1n) is 50.2. The number of rotatable bonds is 9. The lowest BCUT2D eigenvalue weighted by molar-refractivity contribution is -0.660. The van der Waals surface area contributed by atoms with E-state index in [4.69, 9.17) is 22.1 Å². The van der Waals surface area contributed by atoms with E-state index in [-0.39, 0.29) is 0 Å². The van der Waals surface area contributed by atoms with Crippen molar-refractivity contribution in [2.45, 2.75) is 144 Å². The fourth-order valence-corrected chi connectivity index (χ4v) is 23.2. The summed E-state index contributed by atoms with van der Waals surface area (Å²) in [7, 11) is 10.5. The Morgan fingerprint density at radius 1 is 0.268 bits per heavy atom. The normalized spacial score (nSPS) is 13.2. The molecule has 0 atom stereocenters. The van der Waals surface area contributed by atoms with Crippen molar-refractivity contribution >= 4 is 164 Å². The minimum absolute atomic E-state index is 0.466. The predicted octanol–water partition coefficient (Wildman–Crippen LogP) is 30.4. The molecule has 0 aliphatic heterocycles. The number of pyridine rings is 10. The van der Waals surface area contributed by atoms with Gasteiger partial charge in [-0.25, -0.2) is 47.8 Å². The molecule has 0 N–H and O–H groups in total. The molecule has 0 bridgehead atoms. The van der Waals surface area contributed by atoms with Crippen LogP contribution in [0.25, 0.3) is 220 Å². The predicted molar refractivity (Wildman–Crippen MR) is 577 cm³/mol. The van der Waals surface area contributed by atoms with E-state index in [0.717, 1.165) is 99.8 Å². The van der Waals surface area contributed by atoms with Crippen molar-refractivity contribution in [3.05, 3.63) is 360 Å². The molecular formula is C127H115N10O5+5. The number of aryl methyl sites for hydroxylation is 12. The maximum Gasteiger partial charge on any atom is 0.227 e. The lowest BCUT2D eigenvalue weighted by atomic mass is 9.83. The van der Waals surface area contributed by atoms with Crippen LogP contribution in [0.4, 0.5) is 0 Å². The molecule has 2 fully saturated rings. The Bertz CT molecular complexity index is 9360. The summed E-state index contributed by atoms with van der Waals surface area (Å²) >= 11 is 0. The highest BCUT2D eigenvalue weighted by Gasteiger charge is 2.34. The lowest BCUT2D eigenvalue weighted by Crippen LogP contribution is -2.31. The molecule has 0 saturated heterocycles. The summed E-state index contributed by atoms with van der Waals surface area (Å²) in [5.41, 5.74) is 32.9. The summed E-state index contributed by atoms with van der Waals surface area (Å²) in [4.78, 5) is 22.5. The molecule has 15 heteroatoms. The third-order valence-corrected chi connectivity index (χ3v) is 30.6. The van der Waals surface area contributed by atoms with Crippen LogP contribution in [0.15, 0.2) is 327 Å². The zero-order valence-corrected chi connectivity index (χ0v) is 83.2. The Labute approximate surface area is 824 Å². The molecule has 698 valence electrons. The SMILES string of the molecule is CCc1cc[n+](C)c(-c2c(C)c3ccccc3c3c2oc2ncccc23)c1.Cc1c(-c2cc(C(C)C)cc[n+]2C)c2oc3ncccc3c2c2ccccc12.Cc1c(-c2cc(C3CCCC3)cc[n+]2C)c2oc3ncccc3c2c2ccccc12.Cc1c(-c2cc(C3CCCCC3)cc[n+]2C)c2oc3ncccc3c2c2ccccc12.Cc1cc[n+](C)c(-c2c(C)c3ccccc3c3c2oc2ncccc23)c1. The molecule has 27 rings (SSSR count). The van der Waals surface area contributed by atoms with Crippen LogP contribution in [-0.2, 0) is 41.7 Å². The minimum atomic E-state index is 0.466. The molecule has 15 nitrogen and oxygen atoms in total. The standard InChI is InChI=1S/C28H27N2O.C27H25N2O.C25H23N2O.C24H21N2O.C23H19N2O/c1-18-21-11-6-7-12-22(21)26-23-13-8-15-29-28(23)31-27(26)25(18)24-17-20(14-16-30(24)2)19-9-4-3-5-10-19;1-17-20-10-5-6-11-21(20)25-22-12-7-14-28-27(22)30-26(25)24(17)23-16-19(13-15-29(23)2)18-8-3-4-9-18;1-15(2)17-11-13-27(4)21(14-17)22-16(3)18-8-5-6-9-19(18)23-20-10-7-12-26-25(20)28-24(22)23;1-4-16-11-13-26(3)20(14-16)21-15(2)17-8-5-6-9-18(17)22-19-10-7-12-25-24(19)27-23(21)22;1-14-10-12-25(3)19(13-14)20-15(2)16-7-4-5-8-17(16)21-18-9-6-11-24-23(18)26-22(20)21/h6-8,11-17,19H,3-5,9-10H2,1-2H3;5-7,10-16,18H,3-4,8-9H2,1-2H3;5-15H,1-4H3;5-14H,4H2,1-3H3;4-13H,1-3H3/q5*+1. The molecule has 0 amide bonds. The maximum absolute atomic E-state index is 6.44. The molecule has 0 unspecified atom stereocenters. The van der Waals surface area contributed by atoms with E-state index in [2.05, 4.69) is 389 Å². The fraction of sp³-hybridized carbons (Fsp3) is 0.213. The molecule has 15 heterocycles. The van der Waals surface area contributed by atoms with Gasteiger partial charge in [-0.15, -0.1) is 0 Å². The Balaban J connectivity index is 0.0000000988. The summed E-state index contributed by atoms with van der Waals surface area (Å²) in [5, 5.41) is 23.6. The van der Waals surface area contributed by atoms with Crippen molar-refractivity contribution in [2.24, 2.45) is 35.2 Å². The van der Waals surface area contributed by atoms with Gasteiger partial charge in [0.2, 0.25) is 57.0 Å². The molecular weight excluding hydrogens is 1750 g/mol. The van der Waals surface area contributed by atoms with Crippen molar-refractivity contribution < 1.29 is 44.9 Å². The number of furan rings is 5. The van der Waals surface area contributed by atoms with Crippen molar-refractivity contribution in [1.82, 2.24) is 24.9 Å². The van der Waals surface area contributed by atoms with E-state index in [9.17, 15) is 0 Å². The van der Waals surface area contributed by atoms with E-state index in [1.54, 1.807) is 24.8 Å². The zero-order valence-electron chi connectivity index (χ0n) is 83.2. The van der Waals surface area contributed by atoms with Gasteiger partial charge in [0.15, 0.2) is 58.9 Å². The summed E-state index contributed by atoms with van der Waals surface area (Å²) in [5.74, 6) is 1.81. The van der Waals surface area contributed by atoms with Gasteiger partial charge in [-0.3, -0.25) is 0 Å². The van der Waals surface area contributed by atoms with Crippen molar-refractivity contribution in [3.8, 4) is 56.3 Å². The molecule has 0 spiro atoms. The Hall–Kier alpha value is -16.0. The first kappa shape index (κ1) is 89.9. The second-order valence-corrected chi connectivity index (χ2v) is 39.5. The smallest absolute Gasteiger partial charge is 0.227 e. The van der Waals surface area contributed by atoms with Gasteiger partial charge in [-0.1, -0.05) is 174 Å². The zero-order chi connectivity index (χ0) is 97.0. The highest BCUT2D eigenvalue weighted by Crippen LogP contribution is 2.51. The average Bonchev–Trinajstić information content (AvgIpc) is 1.57. The summed E-state index contributed by atoms with van der Waals surface area (Å²) in [6.07, 6.45) is 32.7. The van der Waals surface area contributed by atoms with Gasteiger partial charge in [-0.05, 0) is 262 Å². The van der Waals surface area contributed by atoms with Crippen LogP contribution in [0.3, 0.4) is 0 Å². The monoisotopic (exact) mass is 1860 g/mol. The second-order valence-electron chi connectivity index (χ2n) is 39.5. The Kier molecular flexibility index (Phi) is 23.4. The van der Waals surface area contributed by atoms with Crippen molar-refractivity contribution in [1.29, 1.82) is 0 Å². The fourth-order valence-electron chi connectivity index (χ4n) is 23.2. The van der Waals surface area contributed by atoms with Crippen LogP contribution in [0.5, 0.6) is 0 Å². The third-order valence-electron chi connectivity index (χ3n) is 30.6. The second kappa shape index (κ2) is 37.0. The maximum atomic E-state index is 6.44. The average molecular weight is 1860 g/mol. The number of nitrogens with zero attached hydrogens (tertiary/aromatic N) is 10. The van der Waals surface area contributed by atoms with Gasteiger partial charge in [0, 0.05) is 146 Å². The summed E-state index contributed by atoms with van der Waals surface area (Å²) in [6.45, 7) is 19.8. The van der Waals surface area contributed by atoms with Gasteiger partial charge in [-0.2, -0.15) is 0 Å². The molecule has 25 aromatic rings. The van der Waals surface area contributed by atoms with Gasteiger partial charge in [0.1, 0.15) is 35.2 Å². The van der Waals surface area contributed by atoms with Crippen LogP contribution < -0.4 is 22.8 Å². The summed E-state index contributed by atoms with van der Waals surface area (Å²) < 4.78 is 42.8. The summed E-state index contributed by atoms with van der Waals surface area (Å²) in [6, 6.07) is 86.2. The molecule has 10 aromatic carbocycles. The molecule has 142 heavy (non-hydrogen) atoms. The van der Waals surface area contributed by atoms with Crippen LogP contribution in [0, 0.1) is 41.5 Å². The van der Waals surface area contributed by atoms with E-state index in [1.165, 1.54) is 212 Å². The Morgan fingerprint density at radius 2 is 0.514 bits per heavy atom. The van der Waals surface area contributed by atoms with E-state index >= 15 is 0 Å². The van der Waals surface area contributed by atoms with E-state index in [0.29, 0.717) is 46.3 Å². The molecule has 15 aromatic heterocycles.